The van der Waals surface area contributed by atoms with Crippen molar-refractivity contribution in [1.82, 2.24) is 9.61 Å². The Morgan fingerprint density at radius 2 is 1.79 bits per heavy atom. The molecule has 0 radical (unpaired) electrons. The molecule has 0 aliphatic rings. The first-order valence-corrected chi connectivity index (χ1v) is 8.86. The summed E-state index contributed by atoms with van der Waals surface area (Å²) in [7, 11) is 4.22. The van der Waals surface area contributed by atoms with Crippen molar-refractivity contribution in [2.45, 2.75) is 53.6 Å². The molecule has 2 heterocycles. The Labute approximate surface area is 146 Å². The van der Waals surface area contributed by atoms with Crippen molar-refractivity contribution in [2.75, 3.05) is 32.6 Å². The number of aryl methyl sites for hydroxylation is 2. The lowest BCUT2D eigenvalue weighted by Gasteiger charge is -2.42. The number of quaternary nitrogens is 1. The van der Waals surface area contributed by atoms with Gasteiger partial charge in [-0.1, -0.05) is 6.07 Å². The van der Waals surface area contributed by atoms with E-state index < -0.39 is 0 Å². The lowest BCUT2D eigenvalue weighted by Crippen LogP contribution is -2.56. The molecular weight excluding hydrogens is 300 g/mol. The van der Waals surface area contributed by atoms with E-state index in [9.17, 15) is 0 Å². The minimum Gasteiger partial charge on any atom is -0.469 e. The van der Waals surface area contributed by atoms with Crippen LogP contribution in [0.15, 0.2) is 12.1 Å². The third-order valence-electron chi connectivity index (χ3n) is 5.69. The average molecular weight is 334 g/mol. The van der Waals surface area contributed by atoms with Gasteiger partial charge in [-0.25, -0.2) is 4.52 Å². The van der Waals surface area contributed by atoms with E-state index >= 15 is 0 Å². The summed E-state index contributed by atoms with van der Waals surface area (Å²) in [5.74, 6) is 0.685. The lowest BCUT2D eigenvalue weighted by atomic mass is 10.1. The molecular formula is C19H33N4O+. The maximum absolute atomic E-state index is 6.09. The molecule has 0 fully saturated rings. The van der Waals surface area contributed by atoms with Crippen molar-refractivity contribution in [3.05, 3.63) is 23.4 Å². The Bertz CT molecular complexity index is 695. The highest BCUT2D eigenvalue weighted by molar-refractivity contribution is 5.77. The fraction of sp³-hybridized carbons (Fsp3) is 0.632. The first kappa shape index (κ1) is 18.6. The number of hydrogen-bond donors (Lipinski definition) is 1. The molecule has 5 nitrogen and oxygen atoms in total. The fourth-order valence-corrected chi connectivity index (χ4v) is 3.10. The maximum Gasteiger partial charge on any atom is 0.257 e. The van der Waals surface area contributed by atoms with Crippen molar-refractivity contribution < 1.29 is 9.22 Å². The van der Waals surface area contributed by atoms with Crippen LogP contribution in [-0.4, -0.2) is 53.4 Å². The van der Waals surface area contributed by atoms with Crippen LogP contribution in [-0.2, 0) is 0 Å². The Kier molecular flexibility index (Phi) is 5.43. The van der Waals surface area contributed by atoms with Crippen molar-refractivity contribution in [1.29, 1.82) is 0 Å². The Hall–Kier alpha value is -1.75. The van der Waals surface area contributed by atoms with Crippen LogP contribution in [0.3, 0.4) is 0 Å². The van der Waals surface area contributed by atoms with Gasteiger partial charge in [-0.15, -0.1) is 5.10 Å². The van der Waals surface area contributed by atoms with Gasteiger partial charge in [0, 0.05) is 12.7 Å². The monoisotopic (exact) mass is 333 g/mol. The maximum atomic E-state index is 6.09. The number of nitrogens with zero attached hydrogens (tertiary/aromatic N) is 3. The van der Waals surface area contributed by atoms with Gasteiger partial charge in [-0.05, 0) is 53.2 Å². The van der Waals surface area contributed by atoms with E-state index in [0.29, 0.717) is 24.6 Å². The number of nitrogens with one attached hydrogen (secondary N) is 1. The van der Waals surface area contributed by atoms with Gasteiger partial charge in [0.15, 0.2) is 0 Å². The summed E-state index contributed by atoms with van der Waals surface area (Å²) in [6.45, 7) is 14.9. The van der Waals surface area contributed by atoms with Gasteiger partial charge in [-0.2, -0.15) is 0 Å². The fourth-order valence-electron chi connectivity index (χ4n) is 3.10. The number of anilines is 1. The number of fused-ring (bicyclic) bond motifs is 1. The summed E-state index contributed by atoms with van der Waals surface area (Å²) in [6.07, 6.45) is 0. The SMILES string of the molecule is CNc1c(OCC[N+](C)(C(C)C)C(C)C)nn2c(C)c(C)ccc12. The molecule has 0 amide bonds. The second-order valence-electron chi connectivity index (χ2n) is 7.44. The number of aromatic nitrogens is 2. The highest BCUT2D eigenvalue weighted by atomic mass is 16.5. The quantitative estimate of drug-likeness (QED) is 0.786. The second-order valence-corrected chi connectivity index (χ2v) is 7.44. The number of pyridine rings is 1. The third kappa shape index (κ3) is 3.22. The van der Waals surface area contributed by atoms with Crippen molar-refractivity contribution in [3.8, 4) is 5.88 Å². The number of rotatable bonds is 7. The largest absolute Gasteiger partial charge is 0.469 e. The van der Waals surface area contributed by atoms with Crippen LogP contribution in [0.4, 0.5) is 5.69 Å². The van der Waals surface area contributed by atoms with E-state index in [1.54, 1.807) is 0 Å². The smallest absolute Gasteiger partial charge is 0.257 e. The molecule has 2 aromatic rings. The molecule has 0 atom stereocenters. The standard InChI is InChI=1S/C19H33N4O/c1-13(2)23(8,14(3)4)11-12-24-19-18(20-7)17-10-9-15(5)16(6)22(17)21-19/h9-10,13-14,20H,11-12H2,1-8H3/q+1. The molecule has 5 heteroatoms. The van der Waals surface area contributed by atoms with Crippen LogP contribution in [0, 0.1) is 13.8 Å². The topological polar surface area (TPSA) is 38.6 Å². The molecule has 0 aliphatic carbocycles. The summed E-state index contributed by atoms with van der Waals surface area (Å²) >= 11 is 0. The summed E-state index contributed by atoms with van der Waals surface area (Å²) < 4.78 is 9.05. The van der Waals surface area contributed by atoms with Crippen LogP contribution >= 0.6 is 0 Å². The van der Waals surface area contributed by atoms with E-state index in [4.69, 9.17) is 4.74 Å². The number of likely N-dealkylation sites (N-methyl/N-ethyl adjacent to an activating group) is 1. The zero-order valence-electron chi connectivity index (χ0n) is 16.5. The summed E-state index contributed by atoms with van der Waals surface area (Å²) in [4.78, 5) is 0. The lowest BCUT2D eigenvalue weighted by molar-refractivity contribution is -0.949. The number of hydrogen-bond acceptors (Lipinski definition) is 3. The van der Waals surface area contributed by atoms with E-state index in [1.165, 1.54) is 5.56 Å². The van der Waals surface area contributed by atoms with Crippen LogP contribution in [0.25, 0.3) is 5.52 Å². The molecule has 0 saturated heterocycles. The molecule has 0 aliphatic heterocycles. The predicted molar refractivity (Wildman–Crippen MR) is 101 cm³/mol. The van der Waals surface area contributed by atoms with Crippen molar-refractivity contribution in [2.24, 2.45) is 0 Å². The normalized spacial score (nSPS) is 12.4. The van der Waals surface area contributed by atoms with Crippen LogP contribution < -0.4 is 10.1 Å². The number of ether oxygens (including phenoxy) is 1. The van der Waals surface area contributed by atoms with Gasteiger partial charge in [0.05, 0.1) is 24.6 Å². The summed E-state index contributed by atoms with van der Waals surface area (Å²) in [5, 5.41) is 7.92. The third-order valence-corrected chi connectivity index (χ3v) is 5.69. The molecule has 0 unspecified atom stereocenters. The Morgan fingerprint density at radius 1 is 1.17 bits per heavy atom. The molecule has 134 valence electrons. The summed E-state index contributed by atoms with van der Waals surface area (Å²) in [5.41, 5.74) is 4.38. The van der Waals surface area contributed by atoms with Crippen molar-refractivity contribution >= 4 is 11.2 Å². The van der Waals surface area contributed by atoms with Gasteiger partial charge in [0.25, 0.3) is 5.88 Å². The Balaban J connectivity index is 2.23. The highest BCUT2D eigenvalue weighted by Crippen LogP contribution is 2.30. The first-order valence-electron chi connectivity index (χ1n) is 8.86. The van der Waals surface area contributed by atoms with Gasteiger partial charge >= 0.3 is 0 Å². The second kappa shape index (κ2) is 7.01. The molecule has 0 bridgehead atoms. The molecule has 0 aromatic carbocycles. The van der Waals surface area contributed by atoms with Crippen LogP contribution in [0.1, 0.15) is 39.0 Å². The van der Waals surface area contributed by atoms with E-state index in [2.05, 4.69) is 71.1 Å². The van der Waals surface area contributed by atoms with Crippen LogP contribution in [0.5, 0.6) is 5.88 Å². The average Bonchev–Trinajstić information content (AvgIpc) is 2.88. The molecule has 0 saturated carbocycles. The van der Waals surface area contributed by atoms with Gasteiger partial charge in [0.2, 0.25) is 0 Å². The Morgan fingerprint density at radius 3 is 2.33 bits per heavy atom. The molecule has 2 rings (SSSR count). The van der Waals surface area contributed by atoms with Crippen LogP contribution in [0.2, 0.25) is 0 Å². The zero-order chi connectivity index (χ0) is 18.1. The van der Waals surface area contributed by atoms with Gasteiger partial charge in [0.1, 0.15) is 18.8 Å². The first-order chi connectivity index (χ1) is 11.2. The minimum absolute atomic E-state index is 0.559. The molecule has 2 aromatic heterocycles. The van der Waals surface area contributed by atoms with E-state index in [0.717, 1.165) is 27.9 Å². The highest BCUT2D eigenvalue weighted by Gasteiger charge is 2.29. The molecule has 24 heavy (non-hydrogen) atoms. The molecule has 0 spiro atoms. The predicted octanol–water partition coefficient (Wildman–Crippen LogP) is 3.64. The zero-order valence-corrected chi connectivity index (χ0v) is 16.5. The van der Waals surface area contributed by atoms with E-state index in [-0.39, 0.29) is 0 Å². The molecule has 1 N–H and O–H groups in total. The minimum atomic E-state index is 0.559. The van der Waals surface area contributed by atoms with Gasteiger partial charge in [-0.3, -0.25) is 0 Å². The summed E-state index contributed by atoms with van der Waals surface area (Å²) in [6, 6.07) is 5.34. The van der Waals surface area contributed by atoms with E-state index in [1.807, 2.05) is 11.6 Å². The van der Waals surface area contributed by atoms with Gasteiger partial charge < -0.3 is 14.5 Å². The van der Waals surface area contributed by atoms with Crippen molar-refractivity contribution in [3.63, 3.8) is 0 Å².